The van der Waals surface area contributed by atoms with Crippen LogP contribution in [0.1, 0.15) is 42.0 Å². The lowest BCUT2D eigenvalue weighted by Gasteiger charge is -2.21. The number of aromatic nitrogens is 3. The van der Waals surface area contributed by atoms with Gasteiger partial charge in [0.15, 0.2) is 5.96 Å². The van der Waals surface area contributed by atoms with Crippen molar-refractivity contribution in [3.63, 3.8) is 0 Å². The molecule has 3 aromatic rings. The van der Waals surface area contributed by atoms with E-state index in [2.05, 4.69) is 61.3 Å². The van der Waals surface area contributed by atoms with Crippen molar-refractivity contribution in [2.45, 2.75) is 39.6 Å². The zero-order valence-electron chi connectivity index (χ0n) is 18.1. The highest BCUT2D eigenvalue weighted by Crippen LogP contribution is 2.21. The molecule has 0 saturated carbocycles. The summed E-state index contributed by atoms with van der Waals surface area (Å²) in [6.45, 7) is 6.85. The van der Waals surface area contributed by atoms with Gasteiger partial charge in [-0.05, 0) is 19.4 Å². The highest BCUT2D eigenvalue weighted by Gasteiger charge is 2.13. The van der Waals surface area contributed by atoms with Crippen LogP contribution in [0.25, 0.3) is 0 Å². The number of hydrogen-bond acceptors (Lipinski definition) is 5. The fourth-order valence-corrected chi connectivity index (χ4v) is 3.87. The molecule has 0 aliphatic heterocycles. The van der Waals surface area contributed by atoms with Gasteiger partial charge in [0.05, 0.1) is 12.2 Å². The first-order valence-corrected chi connectivity index (χ1v) is 11.0. The number of methoxy groups -OCH3 is 1. The molecule has 0 fully saturated rings. The van der Waals surface area contributed by atoms with Gasteiger partial charge in [-0.1, -0.05) is 30.3 Å². The fraction of sp³-hybridized carbons (Fsp3) is 0.409. The molecule has 1 unspecified atom stereocenters. The van der Waals surface area contributed by atoms with Crippen molar-refractivity contribution < 1.29 is 4.74 Å². The molecule has 160 valence electrons. The lowest BCUT2D eigenvalue weighted by atomic mass is 10.2. The van der Waals surface area contributed by atoms with Crippen LogP contribution in [0, 0.1) is 0 Å². The normalized spacial score (nSPS) is 12.7. The summed E-state index contributed by atoms with van der Waals surface area (Å²) in [5.74, 6) is 1.77. The van der Waals surface area contributed by atoms with E-state index in [1.165, 1.54) is 5.56 Å². The molecular formula is C22H30N6OS. The molecule has 1 N–H and O–H groups in total. The summed E-state index contributed by atoms with van der Waals surface area (Å²) < 4.78 is 7.50. The van der Waals surface area contributed by atoms with Crippen molar-refractivity contribution in [2.75, 3.05) is 20.7 Å². The first kappa shape index (κ1) is 22.0. The summed E-state index contributed by atoms with van der Waals surface area (Å²) >= 11 is 1.63. The first-order valence-electron chi connectivity index (χ1n) is 10.1. The maximum absolute atomic E-state index is 5.36. The number of guanidine groups is 1. The number of rotatable bonds is 9. The largest absolute Gasteiger partial charge is 0.375 e. The van der Waals surface area contributed by atoms with Crippen molar-refractivity contribution in [2.24, 2.45) is 4.99 Å². The number of nitrogens with zero attached hydrogens (tertiary/aromatic N) is 5. The topological polar surface area (TPSA) is 67.6 Å². The van der Waals surface area contributed by atoms with Gasteiger partial charge in [-0.3, -0.25) is 0 Å². The summed E-state index contributed by atoms with van der Waals surface area (Å²) in [6, 6.07) is 10.4. The highest BCUT2D eigenvalue weighted by atomic mass is 32.1. The van der Waals surface area contributed by atoms with Crippen molar-refractivity contribution in [1.29, 1.82) is 0 Å². The molecule has 7 nitrogen and oxygen atoms in total. The van der Waals surface area contributed by atoms with Gasteiger partial charge in [-0.25, -0.2) is 15.0 Å². The molecule has 0 radical (unpaired) electrons. The minimum Gasteiger partial charge on any atom is -0.375 e. The summed E-state index contributed by atoms with van der Waals surface area (Å²) in [5, 5.41) is 6.44. The molecule has 0 bridgehead atoms. The summed E-state index contributed by atoms with van der Waals surface area (Å²) in [4.78, 5) is 16.1. The van der Waals surface area contributed by atoms with E-state index < -0.39 is 0 Å². The number of benzene rings is 1. The van der Waals surface area contributed by atoms with Crippen molar-refractivity contribution in [1.82, 2.24) is 24.8 Å². The molecule has 8 heteroatoms. The number of nitrogens with one attached hydrogen (secondary N) is 1. The van der Waals surface area contributed by atoms with Gasteiger partial charge in [0.1, 0.15) is 23.5 Å². The van der Waals surface area contributed by atoms with Crippen LogP contribution in [-0.4, -0.2) is 46.1 Å². The molecule has 1 aromatic carbocycles. The van der Waals surface area contributed by atoms with Gasteiger partial charge in [0, 0.05) is 45.0 Å². The van der Waals surface area contributed by atoms with Gasteiger partial charge in [-0.15, -0.1) is 11.3 Å². The number of ether oxygens (including phenoxy) is 1. The molecule has 2 aromatic heterocycles. The molecule has 3 rings (SSSR count). The average molecular weight is 427 g/mol. The number of thiazole rings is 1. The van der Waals surface area contributed by atoms with Crippen LogP contribution in [-0.2, 0) is 24.4 Å². The predicted octanol–water partition coefficient (Wildman–Crippen LogP) is 3.69. The van der Waals surface area contributed by atoms with Gasteiger partial charge in [0.25, 0.3) is 0 Å². The van der Waals surface area contributed by atoms with E-state index >= 15 is 0 Å². The third kappa shape index (κ3) is 5.90. The molecule has 30 heavy (non-hydrogen) atoms. The van der Waals surface area contributed by atoms with Gasteiger partial charge >= 0.3 is 0 Å². The summed E-state index contributed by atoms with van der Waals surface area (Å²) in [6.07, 6.45) is 3.85. The second-order valence-corrected chi connectivity index (χ2v) is 7.93. The predicted molar refractivity (Wildman–Crippen MR) is 122 cm³/mol. The number of hydrogen-bond donors (Lipinski definition) is 1. The van der Waals surface area contributed by atoms with E-state index in [0.29, 0.717) is 13.1 Å². The number of imidazole rings is 1. The van der Waals surface area contributed by atoms with Crippen molar-refractivity contribution >= 4 is 17.3 Å². The van der Waals surface area contributed by atoms with Gasteiger partial charge < -0.3 is 19.5 Å². The van der Waals surface area contributed by atoms with Crippen LogP contribution in [0.5, 0.6) is 0 Å². The van der Waals surface area contributed by atoms with E-state index in [9.17, 15) is 0 Å². The highest BCUT2D eigenvalue weighted by molar-refractivity contribution is 7.09. The second kappa shape index (κ2) is 10.9. The Bertz CT molecular complexity index is 936. The molecule has 0 saturated heterocycles. The van der Waals surface area contributed by atoms with Crippen LogP contribution < -0.4 is 5.32 Å². The van der Waals surface area contributed by atoms with Gasteiger partial charge in [-0.2, -0.15) is 0 Å². The molecule has 0 aliphatic carbocycles. The molecule has 0 spiro atoms. The Kier molecular flexibility index (Phi) is 7.98. The zero-order chi connectivity index (χ0) is 21.3. The molecular weight excluding hydrogens is 396 g/mol. The maximum atomic E-state index is 5.36. The SMILES string of the molecule is CCNC(=NCc1nccn1Cc1ccccc1)N(C)Cc1csc(C(C)OC)n1. The monoisotopic (exact) mass is 426 g/mol. The minimum absolute atomic E-state index is 0.0134. The fourth-order valence-electron chi connectivity index (χ4n) is 3.03. The summed E-state index contributed by atoms with van der Waals surface area (Å²) in [5.41, 5.74) is 2.26. The Balaban J connectivity index is 1.67. The van der Waals surface area contributed by atoms with E-state index in [1.807, 2.05) is 32.4 Å². The van der Waals surface area contributed by atoms with Crippen molar-refractivity contribution in [3.05, 3.63) is 70.2 Å². The van der Waals surface area contributed by atoms with Crippen molar-refractivity contribution in [3.8, 4) is 0 Å². The standard InChI is InChI=1S/C22H30N6OS/c1-5-23-22(27(3)15-19-16-30-21(26-19)17(2)29-4)25-13-20-24-11-12-28(20)14-18-9-7-6-8-10-18/h6-12,16-17H,5,13-15H2,1-4H3,(H,23,25). The third-order valence-electron chi connectivity index (χ3n) is 4.73. The van der Waals surface area contributed by atoms with E-state index in [1.54, 1.807) is 18.4 Å². The first-order chi connectivity index (χ1) is 14.6. The van der Waals surface area contributed by atoms with Crippen LogP contribution in [0.15, 0.2) is 53.1 Å². The van der Waals surface area contributed by atoms with Gasteiger partial charge in [0.2, 0.25) is 0 Å². The second-order valence-electron chi connectivity index (χ2n) is 7.04. The Hall–Kier alpha value is -2.71. The zero-order valence-corrected chi connectivity index (χ0v) is 18.9. The quantitative estimate of drug-likeness (QED) is 0.417. The lowest BCUT2D eigenvalue weighted by Crippen LogP contribution is -2.38. The molecule has 1 atom stereocenters. The van der Waals surface area contributed by atoms with Crippen LogP contribution in [0.3, 0.4) is 0 Å². The Morgan fingerprint density at radius 3 is 2.87 bits per heavy atom. The van der Waals surface area contributed by atoms with E-state index in [0.717, 1.165) is 35.6 Å². The van der Waals surface area contributed by atoms with Crippen LogP contribution in [0.2, 0.25) is 0 Å². The molecule has 2 heterocycles. The van der Waals surface area contributed by atoms with E-state index in [4.69, 9.17) is 9.73 Å². The molecule has 0 aliphatic rings. The minimum atomic E-state index is 0.0134. The average Bonchev–Trinajstić information content (AvgIpc) is 3.40. The van der Waals surface area contributed by atoms with Crippen LogP contribution >= 0.6 is 11.3 Å². The van der Waals surface area contributed by atoms with E-state index in [-0.39, 0.29) is 6.10 Å². The Morgan fingerprint density at radius 2 is 2.13 bits per heavy atom. The molecule has 0 amide bonds. The Morgan fingerprint density at radius 1 is 1.33 bits per heavy atom. The third-order valence-corrected chi connectivity index (χ3v) is 5.79. The summed E-state index contributed by atoms with van der Waals surface area (Å²) in [7, 11) is 3.73. The smallest absolute Gasteiger partial charge is 0.194 e. The maximum Gasteiger partial charge on any atom is 0.194 e. The lowest BCUT2D eigenvalue weighted by molar-refractivity contribution is 0.119. The van der Waals surface area contributed by atoms with Crippen LogP contribution in [0.4, 0.5) is 0 Å². The number of aliphatic imine (C=N–C) groups is 1. The Labute approximate surface area is 182 Å².